The van der Waals surface area contributed by atoms with E-state index in [0.29, 0.717) is 17.3 Å². The van der Waals surface area contributed by atoms with Crippen LogP contribution >= 0.6 is 0 Å². The summed E-state index contributed by atoms with van der Waals surface area (Å²) in [4.78, 5) is 14.1. The molecule has 4 aromatic rings. The lowest BCUT2D eigenvalue weighted by Gasteiger charge is -2.23. The van der Waals surface area contributed by atoms with Crippen LogP contribution in [0.4, 0.5) is 23.7 Å². The van der Waals surface area contributed by atoms with Gasteiger partial charge in [-0.1, -0.05) is 54.6 Å². The van der Waals surface area contributed by atoms with Crippen molar-refractivity contribution in [1.82, 2.24) is 4.90 Å². The topological polar surface area (TPSA) is 84.9 Å². The SMILES string of the molecule is COCCN(Cc1cccc(OS(=O)(=O)c2cccc(C(F)(F)F)c2)c1)C(=O)Nc1cccc2ccccc12. The Bertz CT molecular complexity index is 1570. The number of hydrogen-bond donors (Lipinski definition) is 1. The van der Waals surface area contributed by atoms with Crippen molar-refractivity contribution in [3.8, 4) is 5.75 Å². The van der Waals surface area contributed by atoms with Crippen molar-refractivity contribution >= 4 is 32.6 Å². The van der Waals surface area contributed by atoms with Gasteiger partial charge in [0.2, 0.25) is 0 Å². The molecule has 0 aliphatic carbocycles. The molecule has 39 heavy (non-hydrogen) atoms. The van der Waals surface area contributed by atoms with Crippen LogP contribution < -0.4 is 9.50 Å². The molecule has 0 radical (unpaired) electrons. The number of carbonyl (C=O) groups is 1. The molecule has 0 saturated heterocycles. The number of nitrogens with zero attached hydrogens (tertiary/aromatic N) is 1. The number of fused-ring (bicyclic) bond motifs is 1. The highest BCUT2D eigenvalue weighted by molar-refractivity contribution is 7.87. The largest absolute Gasteiger partial charge is 0.416 e. The fraction of sp³-hybridized carbons (Fsp3) is 0.179. The van der Waals surface area contributed by atoms with E-state index in [4.69, 9.17) is 8.92 Å². The molecular weight excluding hydrogens is 533 g/mol. The lowest BCUT2D eigenvalue weighted by molar-refractivity contribution is -0.137. The van der Waals surface area contributed by atoms with E-state index < -0.39 is 32.8 Å². The van der Waals surface area contributed by atoms with E-state index in [2.05, 4.69) is 5.32 Å². The summed E-state index contributed by atoms with van der Waals surface area (Å²) in [6.07, 6.45) is -4.70. The predicted octanol–water partition coefficient (Wildman–Crippen LogP) is 6.31. The number of alkyl halides is 3. The molecule has 0 unspecified atom stereocenters. The molecular formula is C28H25F3N2O5S. The van der Waals surface area contributed by atoms with E-state index in [-0.39, 0.29) is 25.4 Å². The smallest absolute Gasteiger partial charge is 0.383 e. The number of methoxy groups -OCH3 is 1. The molecule has 7 nitrogen and oxygen atoms in total. The summed E-state index contributed by atoms with van der Waals surface area (Å²) in [5.74, 6) is -0.105. The highest BCUT2D eigenvalue weighted by Gasteiger charge is 2.32. The maximum Gasteiger partial charge on any atom is 0.416 e. The molecule has 0 spiro atoms. The number of carbonyl (C=O) groups excluding carboxylic acids is 1. The highest BCUT2D eigenvalue weighted by Crippen LogP contribution is 2.31. The molecule has 4 rings (SSSR count). The maximum atomic E-state index is 13.2. The quantitative estimate of drug-likeness (QED) is 0.244. The van der Waals surface area contributed by atoms with E-state index in [1.54, 1.807) is 12.1 Å². The van der Waals surface area contributed by atoms with Gasteiger partial charge in [0.25, 0.3) is 0 Å². The fourth-order valence-electron chi connectivity index (χ4n) is 3.90. The number of rotatable bonds is 9. The predicted molar refractivity (Wildman–Crippen MR) is 141 cm³/mol. The van der Waals surface area contributed by atoms with Gasteiger partial charge in [-0.25, -0.2) is 4.79 Å². The second kappa shape index (κ2) is 11.7. The number of urea groups is 1. The van der Waals surface area contributed by atoms with Crippen LogP contribution in [0.5, 0.6) is 5.75 Å². The van der Waals surface area contributed by atoms with E-state index in [0.717, 1.165) is 29.0 Å². The number of amides is 2. The molecule has 0 atom stereocenters. The summed E-state index contributed by atoms with van der Waals surface area (Å²) in [7, 11) is -3.04. The standard InChI is InChI=1S/C28H25F3N2O5S/c1-37-16-15-33(27(34)32-26-14-5-9-21-8-2-3-13-25(21)26)19-20-7-4-11-23(17-20)38-39(35,36)24-12-6-10-22(18-24)28(29,30)31/h2-14,17-18H,15-16,19H2,1H3,(H,32,34). The van der Waals surface area contributed by atoms with Crippen LogP contribution in [-0.2, 0) is 27.6 Å². The molecule has 0 fully saturated rings. The Kier molecular flexibility index (Phi) is 8.41. The van der Waals surface area contributed by atoms with Crippen LogP contribution in [-0.4, -0.2) is 39.6 Å². The molecule has 0 aliphatic heterocycles. The number of ether oxygens (including phenoxy) is 1. The van der Waals surface area contributed by atoms with E-state index >= 15 is 0 Å². The summed E-state index contributed by atoms with van der Waals surface area (Å²) in [6, 6.07) is 22.1. The second-order valence-electron chi connectivity index (χ2n) is 8.58. The van der Waals surface area contributed by atoms with Crippen LogP contribution in [0.3, 0.4) is 0 Å². The van der Waals surface area contributed by atoms with E-state index in [1.807, 2.05) is 36.4 Å². The Morgan fingerprint density at radius 1 is 0.923 bits per heavy atom. The number of hydrogen-bond acceptors (Lipinski definition) is 5. The summed E-state index contributed by atoms with van der Waals surface area (Å²) in [5.41, 5.74) is 0.0626. The van der Waals surface area contributed by atoms with Crippen molar-refractivity contribution in [2.45, 2.75) is 17.6 Å². The van der Waals surface area contributed by atoms with Crippen LogP contribution in [0.25, 0.3) is 10.8 Å². The number of benzene rings is 4. The number of anilines is 1. The zero-order chi connectivity index (χ0) is 28.0. The Balaban J connectivity index is 1.53. The molecule has 0 bridgehead atoms. The molecule has 0 heterocycles. The van der Waals surface area contributed by atoms with E-state index in [9.17, 15) is 26.4 Å². The fourth-order valence-corrected chi connectivity index (χ4v) is 4.87. The summed E-state index contributed by atoms with van der Waals surface area (Å²) in [6.45, 7) is 0.574. The Morgan fingerprint density at radius 2 is 1.64 bits per heavy atom. The van der Waals surface area contributed by atoms with Crippen LogP contribution in [0, 0.1) is 0 Å². The van der Waals surface area contributed by atoms with Gasteiger partial charge in [-0.2, -0.15) is 21.6 Å². The van der Waals surface area contributed by atoms with Gasteiger partial charge < -0.3 is 19.1 Å². The molecule has 0 saturated carbocycles. The third-order valence-corrected chi connectivity index (χ3v) is 7.05. The third kappa shape index (κ3) is 7.06. The Morgan fingerprint density at radius 3 is 2.41 bits per heavy atom. The van der Waals surface area contributed by atoms with Crippen molar-refractivity contribution in [3.05, 3.63) is 102 Å². The molecule has 1 N–H and O–H groups in total. The highest BCUT2D eigenvalue weighted by atomic mass is 32.2. The molecule has 11 heteroatoms. The lowest BCUT2D eigenvalue weighted by atomic mass is 10.1. The van der Waals surface area contributed by atoms with Crippen molar-refractivity contribution in [1.29, 1.82) is 0 Å². The number of nitrogens with one attached hydrogen (secondary N) is 1. The molecule has 204 valence electrons. The van der Waals surface area contributed by atoms with Gasteiger partial charge in [-0.15, -0.1) is 0 Å². The van der Waals surface area contributed by atoms with Crippen molar-refractivity contribution in [3.63, 3.8) is 0 Å². The van der Waals surface area contributed by atoms with Gasteiger partial charge in [-0.05, 0) is 47.3 Å². The minimum atomic E-state index is -4.70. The molecule has 0 aliphatic rings. The normalized spacial score (nSPS) is 11.8. The van der Waals surface area contributed by atoms with Crippen LogP contribution in [0.15, 0.2) is 95.9 Å². The summed E-state index contributed by atoms with van der Waals surface area (Å²) < 4.78 is 74.8. The minimum Gasteiger partial charge on any atom is -0.383 e. The average molecular weight is 559 g/mol. The monoisotopic (exact) mass is 558 g/mol. The first-order chi connectivity index (χ1) is 18.6. The first kappa shape index (κ1) is 27.9. The summed E-state index contributed by atoms with van der Waals surface area (Å²) in [5, 5.41) is 4.75. The first-order valence-electron chi connectivity index (χ1n) is 11.8. The minimum absolute atomic E-state index is 0.0841. The van der Waals surface area contributed by atoms with Gasteiger partial charge in [0.05, 0.1) is 17.9 Å². The van der Waals surface area contributed by atoms with Gasteiger partial charge in [0, 0.05) is 25.6 Å². The zero-order valence-electron chi connectivity index (χ0n) is 20.8. The lowest BCUT2D eigenvalue weighted by Crippen LogP contribution is -2.36. The molecule has 2 amide bonds. The second-order valence-corrected chi connectivity index (χ2v) is 10.1. The number of halogens is 3. The van der Waals surface area contributed by atoms with Crippen molar-refractivity contribution < 1.29 is 35.3 Å². The van der Waals surface area contributed by atoms with Gasteiger partial charge in [-0.3, -0.25) is 0 Å². The van der Waals surface area contributed by atoms with Crippen LogP contribution in [0.2, 0.25) is 0 Å². The molecule has 4 aromatic carbocycles. The molecule has 0 aromatic heterocycles. The average Bonchev–Trinajstić information content (AvgIpc) is 2.91. The van der Waals surface area contributed by atoms with Crippen molar-refractivity contribution in [2.75, 3.05) is 25.6 Å². The van der Waals surface area contributed by atoms with Crippen LogP contribution in [0.1, 0.15) is 11.1 Å². The third-order valence-electron chi connectivity index (χ3n) is 5.81. The van der Waals surface area contributed by atoms with Gasteiger partial charge >= 0.3 is 22.3 Å². The summed E-state index contributed by atoms with van der Waals surface area (Å²) >= 11 is 0. The maximum absolute atomic E-state index is 13.2. The zero-order valence-corrected chi connectivity index (χ0v) is 21.6. The van der Waals surface area contributed by atoms with Crippen molar-refractivity contribution in [2.24, 2.45) is 0 Å². The van der Waals surface area contributed by atoms with E-state index in [1.165, 1.54) is 30.2 Å². The Hall–Kier alpha value is -4.09. The first-order valence-corrected chi connectivity index (χ1v) is 13.2. The Labute approximate surface area is 223 Å². The van der Waals surface area contributed by atoms with Gasteiger partial charge in [0.1, 0.15) is 10.6 Å². The van der Waals surface area contributed by atoms with Gasteiger partial charge in [0.15, 0.2) is 0 Å².